The van der Waals surface area contributed by atoms with Crippen molar-refractivity contribution in [2.45, 2.75) is 19.1 Å². The molecule has 1 fully saturated rings. The van der Waals surface area contributed by atoms with Gasteiger partial charge in [-0.3, -0.25) is 4.79 Å². The molecule has 0 saturated carbocycles. The number of alkyl halides is 3. The van der Waals surface area contributed by atoms with Crippen molar-refractivity contribution in [3.05, 3.63) is 34.6 Å². The summed E-state index contributed by atoms with van der Waals surface area (Å²) < 4.78 is 51.9. The topological polar surface area (TPSA) is 69.6 Å². The Bertz CT molecular complexity index is 683. The molecule has 1 aromatic carbocycles. The highest BCUT2D eigenvalue weighted by Crippen LogP contribution is 2.37. The van der Waals surface area contributed by atoms with Gasteiger partial charge in [-0.25, -0.2) is 9.18 Å². The molecule has 1 aromatic rings. The number of hydrogen-bond donors (Lipinski definition) is 2. The number of carbonyl (C=O) groups is 2. The van der Waals surface area contributed by atoms with Crippen molar-refractivity contribution >= 4 is 23.6 Å². The molecule has 2 N–H and O–H groups in total. The third kappa shape index (κ3) is 4.33. The molecule has 5 nitrogen and oxygen atoms in total. The van der Waals surface area contributed by atoms with Gasteiger partial charge in [0.25, 0.3) is 0 Å². The molecule has 0 aliphatic carbocycles. The van der Waals surface area contributed by atoms with Gasteiger partial charge in [0.1, 0.15) is 5.82 Å². The van der Waals surface area contributed by atoms with E-state index in [0.29, 0.717) is 5.56 Å². The van der Waals surface area contributed by atoms with Gasteiger partial charge in [0.2, 0.25) is 0 Å². The average molecular weight is 383 g/mol. The standard InChI is InChI=1S/C15H15ClF4N2O3/c1-7(9-3-2-8(17)4-12(9)16)21-14(25)22-5-10(13(23)24)11(6-22)15(18,19)20/h2-4,7,10-11H,5-6H2,1H3,(H,21,25)(H,23,24)/t7-,10-,11-/m1/s1. The Labute approximate surface area is 145 Å². The van der Waals surface area contributed by atoms with Crippen LogP contribution in [-0.2, 0) is 4.79 Å². The smallest absolute Gasteiger partial charge is 0.394 e. The van der Waals surface area contributed by atoms with Crippen LogP contribution in [0.2, 0.25) is 5.02 Å². The average Bonchev–Trinajstić information content (AvgIpc) is 2.92. The number of halogens is 5. The number of carboxylic acids is 1. The number of aliphatic carboxylic acids is 1. The number of benzene rings is 1. The van der Waals surface area contributed by atoms with E-state index in [1.165, 1.54) is 13.0 Å². The largest absolute Gasteiger partial charge is 0.481 e. The van der Waals surface area contributed by atoms with Crippen LogP contribution in [0.3, 0.4) is 0 Å². The predicted molar refractivity (Wildman–Crippen MR) is 80.6 cm³/mol. The Hall–Kier alpha value is -2.03. The SMILES string of the molecule is C[C@@H](NC(=O)N1C[C@@H](C(F)(F)F)[C@H](C(=O)O)C1)c1ccc(F)cc1Cl. The zero-order valence-electron chi connectivity index (χ0n) is 13.0. The summed E-state index contributed by atoms with van der Waals surface area (Å²) in [4.78, 5) is 24.0. The second-order valence-electron chi connectivity index (χ2n) is 5.83. The van der Waals surface area contributed by atoms with Gasteiger partial charge in [-0.15, -0.1) is 0 Å². The van der Waals surface area contributed by atoms with E-state index in [-0.39, 0.29) is 5.02 Å². The summed E-state index contributed by atoms with van der Waals surface area (Å²) in [5, 5.41) is 11.5. The van der Waals surface area contributed by atoms with E-state index in [9.17, 15) is 27.2 Å². The maximum Gasteiger partial charge on any atom is 0.394 e. The first kappa shape index (κ1) is 19.3. The summed E-state index contributed by atoms with van der Waals surface area (Å²) in [5.74, 6) is -6.01. The monoisotopic (exact) mass is 382 g/mol. The van der Waals surface area contributed by atoms with Gasteiger partial charge in [-0.1, -0.05) is 17.7 Å². The minimum atomic E-state index is -4.72. The van der Waals surface area contributed by atoms with Crippen LogP contribution in [0.4, 0.5) is 22.4 Å². The number of urea groups is 1. The second kappa shape index (κ2) is 7.07. The van der Waals surface area contributed by atoms with Crippen molar-refractivity contribution in [1.29, 1.82) is 0 Å². The zero-order valence-corrected chi connectivity index (χ0v) is 13.7. The van der Waals surface area contributed by atoms with Crippen LogP contribution in [0.5, 0.6) is 0 Å². The third-order valence-corrected chi connectivity index (χ3v) is 4.44. The number of carboxylic acid groups (broad SMARTS) is 1. The first-order chi connectivity index (χ1) is 11.5. The molecule has 0 bridgehead atoms. The second-order valence-corrected chi connectivity index (χ2v) is 6.24. The first-order valence-corrected chi connectivity index (χ1v) is 7.68. The Morgan fingerprint density at radius 3 is 2.48 bits per heavy atom. The molecule has 10 heteroatoms. The predicted octanol–water partition coefficient (Wildman–Crippen LogP) is 3.44. The van der Waals surface area contributed by atoms with Gasteiger partial charge in [-0.2, -0.15) is 13.2 Å². The first-order valence-electron chi connectivity index (χ1n) is 7.30. The van der Waals surface area contributed by atoms with Crippen molar-refractivity contribution in [3.8, 4) is 0 Å². The van der Waals surface area contributed by atoms with E-state index in [0.717, 1.165) is 17.0 Å². The minimum Gasteiger partial charge on any atom is -0.481 e. The van der Waals surface area contributed by atoms with Crippen LogP contribution in [0.1, 0.15) is 18.5 Å². The Kier molecular flexibility index (Phi) is 5.46. The lowest BCUT2D eigenvalue weighted by Crippen LogP contribution is -2.40. The van der Waals surface area contributed by atoms with Crippen LogP contribution in [0, 0.1) is 17.7 Å². The van der Waals surface area contributed by atoms with Gasteiger partial charge >= 0.3 is 18.2 Å². The van der Waals surface area contributed by atoms with Gasteiger partial charge in [0, 0.05) is 18.1 Å². The lowest BCUT2D eigenvalue weighted by atomic mass is 9.96. The van der Waals surface area contributed by atoms with E-state index in [1.54, 1.807) is 0 Å². The summed E-state index contributed by atoms with van der Waals surface area (Å²) in [6.45, 7) is 0.244. The van der Waals surface area contributed by atoms with Gasteiger partial charge in [-0.05, 0) is 24.6 Å². The molecular weight excluding hydrogens is 368 g/mol. The number of amides is 2. The van der Waals surface area contributed by atoms with Gasteiger partial charge in [0.15, 0.2) is 0 Å². The molecule has 0 unspecified atom stereocenters. The molecule has 0 spiro atoms. The molecule has 0 aromatic heterocycles. The molecule has 0 radical (unpaired) electrons. The van der Waals surface area contributed by atoms with E-state index >= 15 is 0 Å². The number of likely N-dealkylation sites (tertiary alicyclic amines) is 1. The van der Waals surface area contributed by atoms with Crippen molar-refractivity contribution in [1.82, 2.24) is 10.2 Å². The number of hydrogen-bond acceptors (Lipinski definition) is 2. The molecule has 138 valence electrons. The Balaban J connectivity index is 2.09. The maximum atomic E-state index is 13.1. The molecule has 25 heavy (non-hydrogen) atoms. The third-order valence-electron chi connectivity index (χ3n) is 4.11. The van der Waals surface area contributed by atoms with Crippen molar-refractivity contribution < 1.29 is 32.3 Å². The highest BCUT2D eigenvalue weighted by molar-refractivity contribution is 6.31. The lowest BCUT2D eigenvalue weighted by molar-refractivity contribution is -0.187. The van der Waals surface area contributed by atoms with Crippen molar-refractivity contribution in [3.63, 3.8) is 0 Å². The number of rotatable bonds is 3. The Morgan fingerprint density at radius 2 is 2.00 bits per heavy atom. The molecule has 3 atom stereocenters. The van der Waals surface area contributed by atoms with Crippen LogP contribution >= 0.6 is 11.6 Å². The molecule has 2 rings (SSSR count). The van der Waals surface area contributed by atoms with Crippen molar-refractivity contribution in [2.75, 3.05) is 13.1 Å². The fourth-order valence-electron chi connectivity index (χ4n) is 2.76. The van der Waals surface area contributed by atoms with E-state index < -0.39 is 55.0 Å². The summed E-state index contributed by atoms with van der Waals surface area (Å²) in [5.41, 5.74) is 0.387. The zero-order chi connectivity index (χ0) is 18.9. The maximum absolute atomic E-state index is 13.1. The van der Waals surface area contributed by atoms with Crippen molar-refractivity contribution in [2.24, 2.45) is 11.8 Å². The van der Waals surface area contributed by atoms with E-state index in [2.05, 4.69) is 5.32 Å². The van der Waals surface area contributed by atoms with Gasteiger partial charge < -0.3 is 15.3 Å². The molecule has 1 saturated heterocycles. The molecular formula is C15H15ClF4N2O3. The van der Waals surface area contributed by atoms with Crippen LogP contribution < -0.4 is 5.32 Å². The molecule has 1 heterocycles. The number of carbonyl (C=O) groups excluding carboxylic acids is 1. The van der Waals surface area contributed by atoms with E-state index in [1.807, 2.05) is 0 Å². The van der Waals surface area contributed by atoms with E-state index in [4.69, 9.17) is 16.7 Å². The summed E-state index contributed by atoms with van der Waals surface area (Å²) in [6, 6.07) is 2.00. The van der Waals surface area contributed by atoms with Gasteiger partial charge in [0.05, 0.1) is 17.9 Å². The normalized spacial score (nSPS) is 21.9. The molecule has 1 aliphatic heterocycles. The summed E-state index contributed by atoms with van der Waals surface area (Å²) in [7, 11) is 0. The highest BCUT2D eigenvalue weighted by Gasteiger charge is 2.53. The molecule has 2 amide bonds. The number of nitrogens with one attached hydrogen (secondary N) is 1. The van der Waals surface area contributed by atoms with Crippen LogP contribution in [0.25, 0.3) is 0 Å². The summed E-state index contributed by atoms with van der Waals surface area (Å²) >= 11 is 5.88. The fourth-order valence-corrected chi connectivity index (χ4v) is 3.09. The number of nitrogens with zero attached hydrogens (tertiary/aromatic N) is 1. The van der Waals surface area contributed by atoms with Crippen LogP contribution in [0.15, 0.2) is 18.2 Å². The lowest BCUT2D eigenvalue weighted by Gasteiger charge is -2.22. The Morgan fingerprint density at radius 1 is 1.36 bits per heavy atom. The quantitative estimate of drug-likeness (QED) is 0.787. The summed E-state index contributed by atoms with van der Waals surface area (Å²) in [6.07, 6.45) is -4.72. The molecule has 1 aliphatic rings. The highest BCUT2D eigenvalue weighted by atomic mass is 35.5. The minimum absolute atomic E-state index is 0.0609. The fraction of sp³-hybridized carbons (Fsp3) is 0.467. The van der Waals surface area contributed by atoms with Crippen LogP contribution in [-0.4, -0.2) is 41.3 Å².